The zero-order valence-electron chi connectivity index (χ0n) is 16.0. The van der Waals surface area contributed by atoms with E-state index in [4.69, 9.17) is 16.3 Å². The van der Waals surface area contributed by atoms with Crippen molar-refractivity contribution in [1.29, 1.82) is 0 Å². The lowest BCUT2D eigenvalue weighted by Crippen LogP contribution is -2.20. The van der Waals surface area contributed by atoms with E-state index in [9.17, 15) is 4.79 Å². The van der Waals surface area contributed by atoms with Crippen LogP contribution < -0.4 is 15.4 Å². The van der Waals surface area contributed by atoms with Crippen LogP contribution in [0.5, 0.6) is 5.75 Å². The van der Waals surface area contributed by atoms with Gasteiger partial charge in [0, 0.05) is 22.9 Å². The molecule has 0 spiro atoms. The molecule has 5 heteroatoms. The number of nitrogens with one attached hydrogen (secondary N) is 2. The van der Waals surface area contributed by atoms with Crippen molar-refractivity contribution >= 4 is 28.9 Å². The van der Waals surface area contributed by atoms with Gasteiger partial charge in [0.25, 0.3) is 5.91 Å². The zero-order chi connectivity index (χ0) is 19.9. The number of anilines is 2. The number of rotatable bonds is 7. The number of aryl methyl sites for hydroxylation is 2. The highest BCUT2D eigenvalue weighted by molar-refractivity contribution is 6.31. The molecular weight excluding hydrogens is 372 g/mol. The van der Waals surface area contributed by atoms with Crippen molar-refractivity contribution in [2.45, 2.75) is 20.4 Å². The average Bonchev–Trinajstić information content (AvgIpc) is 2.69. The van der Waals surface area contributed by atoms with Crippen LogP contribution in [0.1, 0.15) is 16.7 Å². The first-order valence-electron chi connectivity index (χ1n) is 9.08. The van der Waals surface area contributed by atoms with Gasteiger partial charge in [0.15, 0.2) is 6.61 Å². The van der Waals surface area contributed by atoms with Crippen molar-refractivity contribution in [2.24, 2.45) is 0 Å². The molecule has 144 valence electrons. The Balaban J connectivity index is 1.51. The summed E-state index contributed by atoms with van der Waals surface area (Å²) in [5.74, 6) is 0.420. The Morgan fingerprint density at radius 1 is 0.964 bits per heavy atom. The van der Waals surface area contributed by atoms with Gasteiger partial charge in [0.1, 0.15) is 5.75 Å². The lowest BCUT2D eigenvalue weighted by molar-refractivity contribution is -0.118. The third kappa shape index (κ3) is 5.76. The molecule has 0 aliphatic rings. The molecule has 0 bridgehead atoms. The minimum atomic E-state index is -0.233. The van der Waals surface area contributed by atoms with Gasteiger partial charge in [-0.25, -0.2) is 0 Å². The quantitative estimate of drug-likeness (QED) is 0.549. The van der Waals surface area contributed by atoms with Crippen LogP contribution in [0, 0.1) is 13.8 Å². The Morgan fingerprint density at radius 2 is 1.71 bits per heavy atom. The first-order chi connectivity index (χ1) is 13.5. The van der Waals surface area contributed by atoms with E-state index in [0.29, 0.717) is 23.0 Å². The fourth-order valence-corrected chi connectivity index (χ4v) is 2.82. The molecule has 4 nitrogen and oxygen atoms in total. The smallest absolute Gasteiger partial charge is 0.262 e. The summed E-state index contributed by atoms with van der Waals surface area (Å²) in [7, 11) is 0. The van der Waals surface area contributed by atoms with Gasteiger partial charge in [0.2, 0.25) is 0 Å². The molecule has 3 rings (SSSR count). The van der Waals surface area contributed by atoms with Crippen molar-refractivity contribution in [3.8, 4) is 5.75 Å². The average molecular weight is 395 g/mol. The first-order valence-corrected chi connectivity index (χ1v) is 9.46. The van der Waals surface area contributed by atoms with Crippen LogP contribution in [0.4, 0.5) is 11.4 Å². The largest absolute Gasteiger partial charge is 0.484 e. The number of carbonyl (C=O) groups is 1. The normalized spacial score (nSPS) is 10.4. The number of ether oxygens (including phenoxy) is 1. The maximum atomic E-state index is 12.1. The van der Waals surface area contributed by atoms with Gasteiger partial charge in [-0.3, -0.25) is 4.79 Å². The Bertz CT molecular complexity index is 955. The van der Waals surface area contributed by atoms with Crippen LogP contribution in [0.25, 0.3) is 0 Å². The molecule has 0 atom stereocenters. The summed E-state index contributed by atoms with van der Waals surface area (Å²) < 4.78 is 5.63. The molecule has 0 radical (unpaired) electrons. The van der Waals surface area contributed by atoms with Gasteiger partial charge in [-0.2, -0.15) is 0 Å². The highest BCUT2D eigenvalue weighted by atomic mass is 35.5. The fraction of sp³-hybridized carbons (Fsp3) is 0.174. The maximum Gasteiger partial charge on any atom is 0.262 e. The van der Waals surface area contributed by atoms with Crippen LogP contribution in [-0.4, -0.2) is 12.5 Å². The molecule has 3 aromatic carbocycles. The van der Waals surface area contributed by atoms with Crippen LogP contribution in [0.15, 0.2) is 66.7 Å². The van der Waals surface area contributed by atoms with E-state index in [1.165, 1.54) is 5.56 Å². The van der Waals surface area contributed by atoms with Crippen molar-refractivity contribution in [3.63, 3.8) is 0 Å². The second-order valence-electron chi connectivity index (χ2n) is 6.67. The van der Waals surface area contributed by atoms with Crippen LogP contribution >= 0.6 is 11.6 Å². The first kappa shape index (κ1) is 19.8. The number of hydrogen-bond donors (Lipinski definition) is 2. The highest BCUT2D eigenvalue weighted by Gasteiger charge is 2.06. The minimum Gasteiger partial charge on any atom is -0.484 e. The summed E-state index contributed by atoms with van der Waals surface area (Å²) in [5.41, 5.74) is 4.98. The summed E-state index contributed by atoms with van der Waals surface area (Å²) in [4.78, 5) is 12.1. The third-order valence-corrected chi connectivity index (χ3v) is 4.68. The van der Waals surface area contributed by atoms with Gasteiger partial charge in [0.05, 0.1) is 0 Å². The van der Waals surface area contributed by atoms with Gasteiger partial charge >= 0.3 is 0 Å². The molecule has 0 heterocycles. The number of halogens is 1. The second kappa shape index (κ2) is 9.29. The number of amides is 1. The zero-order valence-corrected chi connectivity index (χ0v) is 16.7. The van der Waals surface area contributed by atoms with Crippen molar-refractivity contribution in [1.82, 2.24) is 0 Å². The third-order valence-electron chi connectivity index (χ3n) is 4.27. The highest BCUT2D eigenvalue weighted by Crippen LogP contribution is 2.20. The predicted molar refractivity (Wildman–Crippen MR) is 115 cm³/mol. The second-order valence-corrected chi connectivity index (χ2v) is 7.07. The van der Waals surface area contributed by atoms with Crippen LogP contribution in [0.2, 0.25) is 5.02 Å². The Morgan fingerprint density at radius 3 is 2.46 bits per heavy atom. The molecule has 0 aliphatic carbocycles. The van der Waals surface area contributed by atoms with Crippen LogP contribution in [0.3, 0.4) is 0 Å². The lowest BCUT2D eigenvalue weighted by Gasteiger charge is -2.11. The standard InChI is InChI=1S/C23H23ClN2O2/c1-16-6-9-19(10-7-16)25-14-18-4-3-5-21(12-18)28-15-23(27)26-20-11-8-17(2)22(24)13-20/h3-13,25H,14-15H2,1-2H3,(H,26,27). The van der Waals surface area contributed by atoms with Crippen LogP contribution in [-0.2, 0) is 11.3 Å². The van der Waals surface area contributed by atoms with Gasteiger partial charge in [-0.1, -0.05) is 47.5 Å². The molecule has 2 N–H and O–H groups in total. The van der Waals surface area contributed by atoms with E-state index < -0.39 is 0 Å². The molecule has 0 aromatic heterocycles. The lowest BCUT2D eigenvalue weighted by atomic mass is 10.2. The molecule has 0 fully saturated rings. The molecule has 1 amide bonds. The van der Waals surface area contributed by atoms with Gasteiger partial charge in [-0.05, 0) is 61.4 Å². The predicted octanol–water partition coefficient (Wildman–Crippen LogP) is 5.59. The summed E-state index contributed by atoms with van der Waals surface area (Å²) in [6.07, 6.45) is 0. The molecule has 0 aliphatic heterocycles. The van der Waals surface area contributed by atoms with E-state index >= 15 is 0 Å². The van der Waals surface area contributed by atoms with E-state index in [-0.39, 0.29) is 12.5 Å². The monoisotopic (exact) mass is 394 g/mol. The van der Waals surface area contributed by atoms with E-state index in [2.05, 4.69) is 41.8 Å². The summed E-state index contributed by atoms with van der Waals surface area (Å²) in [6.45, 7) is 4.58. The van der Waals surface area contributed by atoms with Gasteiger partial charge < -0.3 is 15.4 Å². The topological polar surface area (TPSA) is 50.4 Å². The Hall–Kier alpha value is -2.98. The SMILES string of the molecule is Cc1ccc(NCc2cccc(OCC(=O)Nc3ccc(C)c(Cl)c3)c2)cc1. The summed E-state index contributed by atoms with van der Waals surface area (Å²) in [5, 5.41) is 6.78. The molecular formula is C23H23ClN2O2. The maximum absolute atomic E-state index is 12.1. The molecule has 0 unspecified atom stereocenters. The molecule has 28 heavy (non-hydrogen) atoms. The fourth-order valence-electron chi connectivity index (χ4n) is 2.64. The van der Waals surface area contributed by atoms with Crippen molar-refractivity contribution < 1.29 is 9.53 Å². The van der Waals surface area contributed by atoms with E-state index in [1.54, 1.807) is 6.07 Å². The summed E-state index contributed by atoms with van der Waals surface area (Å²) in [6, 6.07) is 21.4. The number of hydrogen-bond acceptors (Lipinski definition) is 3. The summed E-state index contributed by atoms with van der Waals surface area (Å²) >= 11 is 6.08. The Kier molecular flexibility index (Phi) is 6.56. The van der Waals surface area contributed by atoms with E-state index in [0.717, 1.165) is 16.8 Å². The Labute approximate surface area is 170 Å². The minimum absolute atomic E-state index is 0.0691. The number of carbonyl (C=O) groups excluding carboxylic acids is 1. The van der Waals surface area contributed by atoms with Crippen molar-refractivity contribution in [3.05, 3.63) is 88.4 Å². The molecule has 0 saturated heterocycles. The van der Waals surface area contributed by atoms with Gasteiger partial charge in [-0.15, -0.1) is 0 Å². The van der Waals surface area contributed by atoms with Crippen molar-refractivity contribution in [2.75, 3.05) is 17.2 Å². The molecule has 3 aromatic rings. The molecule has 0 saturated carbocycles. The number of benzene rings is 3. The van der Waals surface area contributed by atoms with E-state index in [1.807, 2.05) is 43.3 Å².